The first-order chi connectivity index (χ1) is 10.5. The lowest BCUT2D eigenvalue weighted by molar-refractivity contribution is 0.0787. The standard InChI is InChI=1S/C14H14ClN5O2/c1-19-6-12-13(10(16)5-18-22)17-7-20(12)11-3-2-8(15)4-9(11)14(19)21/h2-5,7,10,22H,6,16H2,1H3/b18-5-. The summed E-state index contributed by atoms with van der Waals surface area (Å²) in [5, 5.41) is 12.1. The second-order valence-corrected chi connectivity index (χ2v) is 5.50. The molecule has 2 heterocycles. The van der Waals surface area contributed by atoms with E-state index in [2.05, 4.69) is 10.1 Å². The largest absolute Gasteiger partial charge is 0.411 e. The Morgan fingerprint density at radius 3 is 3.05 bits per heavy atom. The number of halogens is 1. The highest BCUT2D eigenvalue weighted by atomic mass is 35.5. The van der Waals surface area contributed by atoms with Crippen LogP contribution in [0.4, 0.5) is 0 Å². The monoisotopic (exact) mass is 319 g/mol. The molecule has 0 aliphatic carbocycles. The Morgan fingerprint density at radius 2 is 2.32 bits per heavy atom. The molecule has 0 spiro atoms. The van der Waals surface area contributed by atoms with Gasteiger partial charge in [-0.2, -0.15) is 0 Å². The predicted molar refractivity (Wildman–Crippen MR) is 81.6 cm³/mol. The van der Waals surface area contributed by atoms with Gasteiger partial charge in [-0.3, -0.25) is 4.79 Å². The second-order valence-electron chi connectivity index (χ2n) is 5.06. The van der Waals surface area contributed by atoms with E-state index in [-0.39, 0.29) is 5.91 Å². The zero-order valence-corrected chi connectivity index (χ0v) is 12.5. The molecule has 0 fully saturated rings. The third-order valence-electron chi connectivity index (χ3n) is 3.62. The summed E-state index contributed by atoms with van der Waals surface area (Å²) in [5.74, 6) is -0.128. The van der Waals surface area contributed by atoms with Gasteiger partial charge in [-0.25, -0.2) is 4.98 Å². The summed E-state index contributed by atoms with van der Waals surface area (Å²) in [6, 6.07) is 4.48. The van der Waals surface area contributed by atoms with Crippen molar-refractivity contribution in [1.29, 1.82) is 0 Å². The fourth-order valence-corrected chi connectivity index (χ4v) is 2.74. The van der Waals surface area contributed by atoms with Crippen molar-refractivity contribution in [2.75, 3.05) is 7.05 Å². The Bertz CT molecular complexity index is 771. The third-order valence-corrected chi connectivity index (χ3v) is 3.86. The first kappa shape index (κ1) is 14.6. The molecule has 8 heteroatoms. The van der Waals surface area contributed by atoms with E-state index in [4.69, 9.17) is 22.5 Å². The maximum absolute atomic E-state index is 12.5. The number of nitrogens with two attached hydrogens (primary N) is 1. The molecule has 1 amide bonds. The Morgan fingerprint density at radius 1 is 1.55 bits per heavy atom. The molecule has 7 nitrogen and oxygen atoms in total. The van der Waals surface area contributed by atoms with E-state index in [9.17, 15) is 4.79 Å². The number of nitrogens with zero attached hydrogens (tertiary/aromatic N) is 4. The number of imidazole rings is 1. The lowest BCUT2D eigenvalue weighted by atomic mass is 10.1. The lowest BCUT2D eigenvalue weighted by Crippen LogP contribution is -2.26. The number of fused-ring (bicyclic) bond motifs is 3. The summed E-state index contributed by atoms with van der Waals surface area (Å²) < 4.78 is 1.81. The quantitative estimate of drug-likeness (QED) is 0.499. The minimum Gasteiger partial charge on any atom is -0.411 e. The molecule has 0 bridgehead atoms. The number of aromatic nitrogens is 2. The summed E-state index contributed by atoms with van der Waals surface area (Å²) >= 11 is 6.01. The van der Waals surface area contributed by atoms with Crippen LogP contribution in [0.5, 0.6) is 0 Å². The lowest BCUT2D eigenvalue weighted by Gasteiger charge is -2.15. The summed E-state index contributed by atoms with van der Waals surface area (Å²) in [7, 11) is 1.70. The zero-order valence-electron chi connectivity index (χ0n) is 11.8. The van der Waals surface area contributed by atoms with E-state index < -0.39 is 6.04 Å². The SMILES string of the molecule is CN1Cc2c(C(N)/C=N\O)ncn2-c2ccc(Cl)cc2C1=O. The molecule has 1 aromatic heterocycles. The molecule has 2 aromatic rings. The molecule has 1 unspecified atom stereocenters. The van der Waals surface area contributed by atoms with Crippen molar-refractivity contribution in [2.45, 2.75) is 12.6 Å². The Kier molecular flexibility index (Phi) is 3.59. The minimum absolute atomic E-state index is 0.128. The van der Waals surface area contributed by atoms with Crippen molar-refractivity contribution in [1.82, 2.24) is 14.5 Å². The van der Waals surface area contributed by atoms with Crippen molar-refractivity contribution in [3.8, 4) is 5.69 Å². The van der Waals surface area contributed by atoms with E-state index in [0.717, 1.165) is 5.69 Å². The van der Waals surface area contributed by atoms with Gasteiger partial charge in [0.05, 0.1) is 47.8 Å². The normalized spacial score (nSPS) is 15.6. The number of rotatable bonds is 2. The van der Waals surface area contributed by atoms with Gasteiger partial charge in [-0.15, -0.1) is 5.16 Å². The molecule has 3 N–H and O–H groups in total. The highest BCUT2D eigenvalue weighted by Crippen LogP contribution is 2.28. The van der Waals surface area contributed by atoms with E-state index in [1.165, 1.54) is 6.21 Å². The van der Waals surface area contributed by atoms with Crippen LogP contribution in [-0.2, 0) is 6.54 Å². The van der Waals surface area contributed by atoms with E-state index >= 15 is 0 Å². The van der Waals surface area contributed by atoms with Crippen LogP contribution >= 0.6 is 11.6 Å². The van der Waals surface area contributed by atoms with E-state index in [1.54, 1.807) is 36.5 Å². The van der Waals surface area contributed by atoms with Gasteiger partial charge in [0.25, 0.3) is 5.91 Å². The number of carbonyl (C=O) groups is 1. The molecule has 1 aliphatic rings. The van der Waals surface area contributed by atoms with Crippen LogP contribution in [0.1, 0.15) is 27.8 Å². The van der Waals surface area contributed by atoms with Crippen LogP contribution in [-0.4, -0.2) is 38.8 Å². The van der Waals surface area contributed by atoms with Gasteiger partial charge in [0.2, 0.25) is 0 Å². The highest BCUT2D eigenvalue weighted by molar-refractivity contribution is 6.31. The van der Waals surface area contributed by atoms with Gasteiger partial charge in [0.1, 0.15) is 0 Å². The van der Waals surface area contributed by atoms with Crippen LogP contribution in [0.3, 0.4) is 0 Å². The summed E-state index contributed by atoms with van der Waals surface area (Å²) in [4.78, 5) is 18.4. The molecule has 1 aromatic carbocycles. The number of hydrogen-bond acceptors (Lipinski definition) is 5. The molecule has 0 saturated carbocycles. The van der Waals surface area contributed by atoms with Gasteiger partial charge < -0.3 is 20.4 Å². The van der Waals surface area contributed by atoms with Crippen LogP contribution in [0.15, 0.2) is 29.7 Å². The van der Waals surface area contributed by atoms with Crippen molar-refractivity contribution in [3.63, 3.8) is 0 Å². The van der Waals surface area contributed by atoms with Crippen molar-refractivity contribution >= 4 is 23.7 Å². The number of amides is 1. The van der Waals surface area contributed by atoms with E-state index in [0.29, 0.717) is 28.5 Å². The zero-order chi connectivity index (χ0) is 15.9. The molecule has 1 aliphatic heterocycles. The molecule has 22 heavy (non-hydrogen) atoms. The highest BCUT2D eigenvalue weighted by Gasteiger charge is 2.27. The Balaban J connectivity index is 2.22. The van der Waals surface area contributed by atoms with Gasteiger partial charge in [0, 0.05) is 12.1 Å². The smallest absolute Gasteiger partial charge is 0.256 e. The van der Waals surface area contributed by atoms with Crippen LogP contribution in [0.2, 0.25) is 5.02 Å². The fourth-order valence-electron chi connectivity index (χ4n) is 2.56. The fraction of sp³-hybridized carbons (Fsp3) is 0.214. The number of benzene rings is 1. The summed E-state index contributed by atoms with van der Waals surface area (Å²) in [5.41, 5.74) is 8.46. The predicted octanol–water partition coefficient (Wildman–Crippen LogP) is 1.57. The second kappa shape index (κ2) is 5.43. The molecular formula is C14H14ClN5O2. The van der Waals surface area contributed by atoms with Gasteiger partial charge in [-0.05, 0) is 18.2 Å². The van der Waals surface area contributed by atoms with Crippen molar-refractivity contribution < 1.29 is 10.0 Å². The van der Waals surface area contributed by atoms with Crippen LogP contribution < -0.4 is 5.73 Å². The number of hydrogen-bond donors (Lipinski definition) is 2. The van der Waals surface area contributed by atoms with E-state index in [1.807, 2.05) is 4.57 Å². The first-order valence-corrected chi connectivity index (χ1v) is 6.95. The molecule has 114 valence electrons. The molecular weight excluding hydrogens is 306 g/mol. The molecule has 0 saturated heterocycles. The summed E-state index contributed by atoms with van der Waals surface area (Å²) in [6.07, 6.45) is 2.80. The molecule has 3 rings (SSSR count). The van der Waals surface area contributed by atoms with Gasteiger partial charge >= 0.3 is 0 Å². The van der Waals surface area contributed by atoms with Gasteiger partial charge in [-0.1, -0.05) is 11.6 Å². The topological polar surface area (TPSA) is 96.7 Å². The Hall–Kier alpha value is -2.38. The summed E-state index contributed by atoms with van der Waals surface area (Å²) in [6.45, 7) is 0.341. The molecule has 1 atom stereocenters. The van der Waals surface area contributed by atoms with Crippen molar-refractivity contribution in [3.05, 3.63) is 46.5 Å². The number of carbonyl (C=O) groups excluding carboxylic acids is 1. The third kappa shape index (κ3) is 2.24. The first-order valence-electron chi connectivity index (χ1n) is 6.57. The van der Waals surface area contributed by atoms with Crippen molar-refractivity contribution in [2.24, 2.45) is 10.9 Å². The maximum atomic E-state index is 12.5. The average molecular weight is 320 g/mol. The molecule has 0 radical (unpaired) electrons. The Labute approximate surface area is 131 Å². The average Bonchev–Trinajstić information content (AvgIpc) is 2.86. The van der Waals surface area contributed by atoms with Crippen LogP contribution in [0.25, 0.3) is 5.69 Å². The maximum Gasteiger partial charge on any atom is 0.256 e. The number of oxime groups is 1. The minimum atomic E-state index is -0.654. The van der Waals surface area contributed by atoms with Gasteiger partial charge in [0.15, 0.2) is 0 Å². The van der Waals surface area contributed by atoms with Crippen LogP contribution in [0, 0.1) is 0 Å².